The lowest BCUT2D eigenvalue weighted by Gasteiger charge is -2.21. The molecule has 26 heavy (non-hydrogen) atoms. The molecule has 2 amide bonds. The number of carbonyl (C=O) groups excluding carboxylic acids is 2. The summed E-state index contributed by atoms with van der Waals surface area (Å²) in [7, 11) is 1.76. The van der Waals surface area contributed by atoms with Crippen LogP contribution >= 0.6 is 0 Å². The molecule has 1 saturated heterocycles. The Hall–Kier alpha value is -2.82. The topological polar surface area (TPSA) is 52.7 Å². The SMILES string of the molecule is Cc1cccc(NCC(=O)N(C)c2ccccc2)c1C(=O)N1CCCC1. The van der Waals surface area contributed by atoms with Crippen LogP contribution in [0.4, 0.5) is 11.4 Å². The lowest BCUT2D eigenvalue weighted by Crippen LogP contribution is -2.33. The molecule has 0 saturated carbocycles. The number of para-hydroxylation sites is 1. The predicted molar refractivity (Wildman–Crippen MR) is 105 cm³/mol. The Morgan fingerprint density at radius 1 is 1.04 bits per heavy atom. The average molecular weight is 351 g/mol. The van der Waals surface area contributed by atoms with Crippen molar-refractivity contribution in [3.8, 4) is 0 Å². The van der Waals surface area contributed by atoms with Crippen LogP contribution in [0, 0.1) is 6.92 Å². The van der Waals surface area contributed by atoms with Crippen molar-refractivity contribution >= 4 is 23.2 Å². The number of hydrogen-bond acceptors (Lipinski definition) is 3. The molecular weight excluding hydrogens is 326 g/mol. The van der Waals surface area contributed by atoms with Crippen molar-refractivity contribution in [2.45, 2.75) is 19.8 Å². The van der Waals surface area contributed by atoms with Crippen molar-refractivity contribution in [1.82, 2.24) is 4.90 Å². The van der Waals surface area contributed by atoms with E-state index in [-0.39, 0.29) is 18.4 Å². The molecule has 2 aromatic rings. The first kappa shape index (κ1) is 18.0. The lowest BCUT2D eigenvalue weighted by molar-refractivity contribution is -0.116. The van der Waals surface area contributed by atoms with Crippen molar-refractivity contribution in [2.24, 2.45) is 0 Å². The number of benzene rings is 2. The fourth-order valence-corrected chi connectivity index (χ4v) is 3.26. The van der Waals surface area contributed by atoms with Gasteiger partial charge in [0.05, 0.1) is 12.1 Å². The zero-order valence-corrected chi connectivity index (χ0v) is 15.4. The van der Waals surface area contributed by atoms with E-state index in [1.54, 1.807) is 11.9 Å². The van der Waals surface area contributed by atoms with Gasteiger partial charge >= 0.3 is 0 Å². The number of anilines is 2. The zero-order chi connectivity index (χ0) is 18.5. The largest absolute Gasteiger partial charge is 0.375 e. The maximum Gasteiger partial charge on any atom is 0.256 e. The van der Waals surface area contributed by atoms with Crippen LogP contribution in [-0.4, -0.2) is 43.4 Å². The van der Waals surface area contributed by atoms with E-state index in [0.717, 1.165) is 42.9 Å². The molecule has 3 rings (SSSR count). The van der Waals surface area contributed by atoms with Gasteiger partial charge in [-0.3, -0.25) is 9.59 Å². The Balaban J connectivity index is 1.73. The lowest BCUT2D eigenvalue weighted by atomic mass is 10.0. The molecule has 1 aliphatic rings. The van der Waals surface area contributed by atoms with Gasteiger partial charge in [-0.2, -0.15) is 0 Å². The number of rotatable bonds is 5. The van der Waals surface area contributed by atoms with Crippen LogP contribution in [0.15, 0.2) is 48.5 Å². The molecule has 1 fully saturated rings. The molecule has 0 radical (unpaired) electrons. The van der Waals surface area contributed by atoms with E-state index in [0.29, 0.717) is 5.56 Å². The molecule has 1 heterocycles. The number of nitrogens with one attached hydrogen (secondary N) is 1. The van der Waals surface area contributed by atoms with Crippen LogP contribution < -0.4 is 10.2 Å². The molecule has 0 spiro atoms. The Bertz CT molecular complexity index is 783. The monoisotopic (exact) mass is 351 g/mol. The third-order valence-corrected chi connectivity index (χ3v) is 4.83. The van der Waals surface area contributed by atoms with Gasteiger partial charge in [0, 0.05) is 31.5 Å². The summed E-state index contributed by atoms with van der Waals surface area (Å²) in [6, 6.07) is 15.2. The van der Waals surface area contributed by atoms with Crippen LogP contribution in [0.2, 0.25) is 0 Å². The minimum Gasteiger partial charge on any atom is -0.375 e. The molecule has 5 nitrogen and oxygen atoms in total. The smallest absolute Gasteiger partial charge is 0.256 e. The van der Waals surface area contributed by atoms with E-state index < -0.39 is 0 Å². The van der Waals surface area contributed by atoms with Gasteiger partial charge in [0.1, 0.15) is 0 Å². The fraction of sp³-hybridized carbons (Fsp3) is 0.333. The number of aryl methyl sites for hydroxylation is 1. The molecule has 5 heteroatoms. The second-order valence-corrected chi connectivity index (χ2v) is 6.64. The maximum absolute atomic E-state index is 12.9. The molecular formula is C21H25N3O2. The summed E-state index contributed by atoms with van der Waals surface area (Å²) in [6.07, 6.45) is 2.11. The molecule has 0 bridgehead atoms. The van der Waals surface area contributed by atoms with Crippen LogP contribution in [0.25, 0.3) is 0 Å². The van der Waals surface area contributed by atoms with E-state index in [1.165, 1.54) is 0 Å². The Labute approximate surface area is 154 Å². The van der Waals surface area contributed by atoms with Gasteiger partial charge in [0.25, 0.3) is 5.91 Å². The third-order valence-electron chi connectivity index (χ3n) is 4.83. The molecule has 1 aliphatic heterocycles. The van der Waals surface area contributed by atoms with Crippen molar-refractivity contribution in [2.75, 3.05) is 36.9 Å². The van der Waals surface area contributed by atoms with E-state index in [9.17, 15) is 9.59 Å². The van der Waals surface area contributed by atoms with Gasteiger partial charge < -0.3 is 15.1 Å². The Kier molecular flexibility index (Phi) is 5.56. The summed E-state index contributed by atoms with van der Waals surface area (Å²) in [6.45, 7) is 3.69. The maximum atomic E-state index is 12.9. The highest BCUT2D eigenvalue weighted by molar-refractivity contribution is 6.02. The van der Waals surface area contributed by atoms with Gasteiger partial charge in [-0.05, 0) is 43.5 Å². The second-order valence-electron chi connectivity index (χ2n) is 6.64. The standard InChI is InChI=1S/C21H25N3O2/c1-16-9-8-12-18(20(16)21(26)24-13-6-7-14-24)22-15-19(25)23(2)17-10-4-3-5-11-17/h3-5,8-12,22H,6-7,13-15H2,1-2H3. The first-order chi connectivity index (χ1) is 12.6. The average Bonchev–Trinajstić information content (AvgIpc) is 3.20. The van der Waals surface area contributed by atoms with Gasteiger partial charge in [-0.1, -0.05) is 30.3 Å². The van der Waals surface area contributed by atoms with Crippen molar-refractivity contribution in [3.63, 3.8) is 0 Å². The summed E-state index contributed by atoms with van der Waals surface area (Å²) in [4.78, 5) is 28.9. The predicted octanol–water partition coefficient (Wildman–Crippen LogP) is 3.31. The van der Waals surface area contributed by atoms with Crippen molar-refractivity contribution in [3.05, 3.63) is 59.7 Å². The second kappa shape index (κ2) is 8.04. The summed E-state index contributed by atoms with van der Waals surface area (Å²) in [5.41, 5.74) is 3.16. The van der Waals surface area contributed by atoms with E-state index in [4.69, 9.17) is 0 Å². The molecule has 0 aliphatic carbocycles. The van der Waals surface area contributed by atoms with Gasteiger partial charge in [-0.25, -0.2) is 0 Å². The minimum absolute atomic E-state index is 0.0481. The molecule has 0 aromatic heterocycles. The Morgan fingerprint density at radius 2 is 1.73 bits per heavy atom. The highest BCUT2D eigenvalue weighted by Gasteiger charge is 2.23. The van der Waals surface area contributed by atoms with Crippen LogP contribution in [-0.2, 0) is 4.79 Å². The van der Waals surface area contributed by atoms with Crippen LogP contribution in [0.5, 0.6) is 0 Å². The first-order valence-corrected chi connectivity index (χ1v) is 9.02. The molecule has 136 valence electrons. The third kappa shape index (κ3) is 3.87. The molecule has 2 aromatic carbocycles. The zero-order valence-electron chi connectivity index (χ0n) is 15.4. The van der Waals surface area contributed by atoms with E-state index in [1.807, 2.05) is 60.4 Å². The number of hydrogen-bond donors (Lipinski definition) is 1. The fourth-order valence-electron chi connectivity index (χ4n) is 3.26. The van der Waals surface area contributed by atoms with Crippen LogP contribution in [0.3, 0.4) is 0 Å². The summed E-state index contributed by atoms with van der Waals surface area (Å²) < 4.78 is 0. The normalized spacial score (nSPS) is 13.5. The van der Waals surface area contributed by atoms with E-state index >= 15 is 0 Å². The highest BCUT2D eigenvalue weighted by Crippen LogP contribution is 2.23. The molecule has 0 atom stereocenters. The van der Waals surface area contributed by atoms with Gasteiger partial charge in [0.15, 0.2) is 0 Å². The number of likely N-dealkylation sites (N-methyl/N-ethyl adjacent to an activating group) is 1. The van der Waals surface area contributed by atoms with E-state index in [2.05, 4.69) is 5.32 Å². The number of amides is 2. The van der Waals surface area contributed by atoms with Gasteiger partial charge in [0.2, 0.25) is 5.91 Å². The molecule has 1 N–H and O–H groups in total. The number of carbonyl (C=O) groups is 2. The quantitative estimate of drug-likeness (QED) is 0.899. The Morgan fingerprint density at radius 3 is 2.42 bits per heavy atom. The molecule has 0 unspecified atom stereocenters. The van der Waals surface area contributed by atoms with Crippen molar-refractivity contribution < 1.29 is 9.59 Å². The number of likely N-dealkylation sites (tertiary alicyclic amines) is 1. The highest BCUT2D eigenvalue weighted by atomic mass is 16.2. The summed E-state index contributed by atoms with van der Waals surface area (Å²) >= 11 is 0. The van der Waals surface area contributed by atoms with Gasteiger partial charge in [-0.15, -0.1) is 0 Å². The number of nitrogens with zero attached hydrogens (tertiary/aromatic N) is 2. The summed E-state index contributed by atoms with van der Waals surface area (Å²) in [5, 5.41) is 3.17. The minimum atomic E-state index is -0.0581. The first-order valence-electron chi connectivity index (χ1n) is 9.02. The van der Waals surface area contributed by atoms with Crippen LogP contribution in [0.1, 0.15) is 28.8 Å². The van der Waals surface area contributed by atoms with Crippen molar-refractivity contribution in [1.29, 1.82) is 0 Å². The summed E-state index contributed by atoms with van der Waals surface area (Å²) in [5.74, 6) is -0.00996.